The molecule has 2 aromatic carbocycles. The molecule has 3 aromatic rings. The quantitative estimate of drug-likeness (QED) is 0.638. The second-order valence-electron chi connectivity index (χ2n) is 4.74. The van der Waals surface area contributed by atoms with E-state index in [1.54, 1.807) is 12.1 Å². The van der Waals surface area contributed by atoms with Gasteiger partial charge in [0, 0.05) is 22.8 Å². The lowest BCUT2D eigenvalue weighted by molar-refractivity contribution is 0.108. The molecule has 0 spiro atoms. The van der Waals surface area contributed by atoms with Gasteiger partial charge in [0.25, 0.3) is 5.24 Å². The van der Waals surface area contributed by atoms with Crippen molar-refractivity contribution in [2.45, 2.75) is 0 Å². The molecule has 0 aliphatic heterocycles. The Labute approximate surface area is 148 Å². The van der Waals surface area contributed by atoms with Crippen LogP contribution in [0.4, 0.5) is 0 Å². The van der Waals surface area contributed by atoms with E-state index < -0.39 is 5.24 Å². The van der Waals surface area contributed by atoms with Crippen LogP contribution >= 0.6 is 23.2 Å². The van der Waals surface area contributed by atoms with Crippen molar-refractivity contribution in [1.82, 2.24) is 4.98 Å². The van der Waals surface area contributed by atoms with E-state index in [4.69, 9.17) is 33.4 Å². The highest BCUT2D eigenvalue weighted by Gasteiger charge is 2.03. The first-order valence-corrected chi connectivity index (χ1v) is 7.61. The van der Waals surface area contributed by atoms with Crippen LogP contribution in [0.5, 0.6) is 11.5 Å². The van der Waals surface area contributed by atoms with Gasteiger partial charge in [-0.05, 0) is 35.9 Å². The van der Waals surface area contributed by atoms with Crippen LogP contribution in [0.15, 0.2) is 66.9 Å². The van der Waals surface area contributed by atoms with Gasteiger partial charge in [0.15, 0.2) is 0 Å². The predicted octanol–water partition coefficient (Wildman–Crippen LogP) is 4.88. The molecular weight excluding hydrogens is 349 g/mol. The number of aromatic hydroxyl groups is 2. The summed E-state index contributed by atoms with van der Waals surface area (Å²) in [5, 5.41) is 17.3. The van der Waals surface area contributed by atoms with Crippen molar-refractivity contribution in [2.75, 3.05) is 0 Å². The van der Waals surface area contributed by atoms with Gasteiger partial charge >= 0.3 is 0 Å². The van der Waals surface area contributed by atoms with Gasteiger partial charge in [-0.3, -0.25) is 9.78 Å². The van der Waals surface area contributed by atoms with Crippen molar-refractivity contribution < 1.29 is 15.0 Å². The molecule has 2 N–H and O–H groups in total. The van der Waals surface area contributed by atoms with Gasteiger partial charge in [0.1, 0.15) is 11.5 Å². The zero-order valence-corrected chi connectivity index (χ0v) is 13.9. The maximum absolute atomic E-state index is 10.8. The zero-order chi connectivity index (χ0) is 17.5. The van der Waals surface area contributed by atoms with Gasteiger partial charge in [0.2, 0.25) is 0 Å². The Morgan fingerprint density at radius 3 is 2.00 bits per heavy atom. The molecule has 6 heteroatoms. The molecule has 0 amide bonds. The number of halogens is 2. The third kappa shape index (κ3) is 5.26. The van der Waals surface area contributed by atoms with Crippen LogP contribution in [0, 0.1) is 0 Å². The standard InChI is InChI=1S/C12H8ClNO.C6H5ClO2/c13-12(15)10-6-7-11(14-8-10)9-4-2-1-3-5-9;7-4-1-5(8)3-6(9)2-4/h1-8H;1-3,8-9H. The fourth-order valence-electron chi connectivity index (χ4n) is 1.85. The summed E-state index contributed by atoms with van der Waals surface area (Å²) in [6.45, 7) is 0. The maximum Gasteiger partial charge on any atom is 0.253 e. The number of pyridine rings is 1. The van der Waals surface area contributed by atoms with E-state index >= 15 is 0 Å². The lowest BCUT2D eigenvalue weighted by Gasteiger charge is -2.00. The summed E-state index contributed by atoms with van der Waals surface area (Å²) in [6.07, 6.45) is 1.48. The van der Waals surface area contributed by atoms with Crippen LogP contribution in [0.25, 0.3) is 11.3 Å². The number of benzene rings is 2. The number of hydrogen-bond acceptors (Lipinski definition) is 4. The molecule has 0 saturated heterocycles. The summed E-state index contributed by atoms with van der Waals surface area (Å²) in [7, 11) is 0. The van der Waals surface area contributed by atoms with Crippen LogP contribution in [0.3, 0.4) is 0 Å². The average Bonchev–Trinajstić information content (AvgIpc) is 2.55. The molecule has 0 aliphatic rings. The molecule has 0 aliphatic carbocycles. The fraction of sp³-hybridized carbons (Fsp3) is 0. The molecular formula is C18H13Cl2NO3. The first kappa shape index (κ1) is 17.8. The molecule has 1 aromatic heterocycles. The minimum absolute atomic E-state index is 0.0278. The number of nitrogens with zero attached hydrogens (tertiary/aromatic N) is 1. The Balaban J connectivity index is 0.000000198. The molecule has 1 heterocycles. The van der Waals surface area contributed by atoms with Gasteiger partial charge in [-0.2, -0.15) is 0 Å². The summed E-state index contributed by atoms with van der Waals surface area (Å²) < 4.78 is 0. The van der Waals surface area contributed by atoms with Gasteiger partial charge in [-0.25, -0.2) is 0 Å². The number of hydrogen-bond donors (Lipinski definition) is 2. The highest BCUT2D eigenvalue weighted by atomic mass is 35.5. The molecule has 0 bridgehead atoms. The molecule has 0 unspecified atom stereocenters. The van der Waals surface area contributed by atoms with Gasteiger partial charge in [0.05, 0.1) is 11.3 Å². The fourth-order valence-corrected chi connectivity index (χ4v) is 2.18. The Bertz CT molecular complexity index is 771. The highest BCUT2D eigenvalue weighted by molar-refractivity contribution is 6.67. The monoisotopic (exact) mass is 361 g/mol. The number of phenolic OH excluding ortho intramolecular Hbond substituents is 2. The topological polar surface area (TPSA) is 70.4 Å². The molecule has 24 heavy (non-hydrogen) atoms. The second kappa shape index (κ2) is 8.34. The van der Waals surface area contributed by atoms with E-state index in [2.05, 4.69) is 4.98 Å². The maximum atomic E-state index is 10.8. The Kier molecular flexibility index (Phi) is 6.18. The molecule has 3 rings (SSSR count). The minimum Gasteiger partial charge on any atom is -0.508 e. The Morgan fingerprint density at radius 2 is 1.54 bits per heavy atom. The summed E-state index contributed by atoms with van der Waals surface area (Å²) >= 11 is 10.8. The van der Waals surface area contributed by atoms with Crippen molar-refractivity contribution in [3.63, 3.8) is 0 Å². The molecule has 0 atom stereocenters. The lowest BCUT2D eigenvalue weighted by Crippen LogP contribution is -1.91. The van der Waals surface area contributed by atoms with Gasteiger partial charge in [-0.1, -0.05) is 41.9 Å². The smallest absolute Gasteiger partial charge is 0.253 e. The summed E-state index contributed by atoms with van der Waals surface area (Å²) in [4.78, 5) is 15.0. The van der Waals surface area contributed by atoms with Crippen molar-refractivity contribution in [3.8, 4) is 22.8 Å². The van der Waals surface area contributed by atoms with Gasteiger partial charge < -0.3 is 10.2 Å². The molecule has 4 nitrogen and oxygen atoms in total. The summed E-state index contributed by atoms with van der Waals surface area (Å²) in [5.74, 6) is -0.0556. The zero-order valence-electron chi connectivity index (χ0n) is 12.4. The van der Waals surface area contributed by atoms with E-state index in [0.717, 1.165) is 11.3 Å². The summed E-state index contributed by atoms with van der Waals surface area (Å²) in [6, 6.07) is 17.1. The number of aromatic nitrogens is 1. The molecule has 0 radical (unpaired) electrons. The molecule has 0 fully saturated rings. The summed E-state index contributed by atoms with van der Waals surface area (Å²) in [5.41, 5.74) is 2.26. The third-order valence-corrected chi connectivity index (χ3v) is 3.36. The van der Waals surface area contributed by atoms with Crippen LogP contribution in [-0.4, -0.2) is 20.4 Å². The third-order valence-electron chi connectivity index (χ3n) is 2.93. The van der Waals surface area contributed by atoms with Crippen LogP contribution < -0.4 is 0 Å². The second-order valence-corrected chi connectivity index (χ2v) is 5.52. The number of rotatable bonds is 2. The van der Waals surface area contributed by atoms with Crippen molar-refractivity contribution in [3.05, 3.63) is 77.4 Å². The van der Waals surface area contributed by atoms with Crippen molar-refractivity contribution in [1.29, 1.82) is 0 Å². The van der Waals surface area contributed by atoms with Crippen LogP contribution in [0.2, 0.25) is 5.02 Å². The van der Waals surface area contributed by atoms with Crippen molar-refractivity contribution in [2.24, 2.45) is 0 Å². The van der Waals surface area contributed by atoms with E-state index in [-0.39, 0.29) is 11.5 Å². The molecule has 0 saturated carbocycles. The SMILES string of the molecule is O=C(Cl)c1ccc(-c2ccccc2)nc1.Oc1cc(O)cc(Cl)c1. The van der Waals surface area contributed by atoms with E-state index in [0.29, 0.717) is 10.6 Å². The highest BCUT2D eigenvalue weighted by Crippen LogP contribution is 2.23. The average molecular weight is 362 g/mol. The number of carbonyl (C=O) groups is 1. The van der Waals surface area contributed by atoms with E-state index in [9.17, 15) is 4.79 Å². The Hall–Kier alpha value is -2.56. The predicted molar refractivity (Wildman–Crippen MR) is 94.6 cm³/mol. The normalized spacial score (nSPS) is 9.75. The number of carbonyl (C=O) groups excluding carboxylic acids is 1. The molecule has 122 valence electrons. The first-order chi connectivity index (χ1) is 11.5. The van der Waals surface area contributed by atoms with E-state index in [1.807, 2.05) is 30.3 Å². The largest absolute Gasteiger partial charge is 0.508 e. The number of phenols is 2. The van der Waals surface area contributed by atoms with E-state index in [1.165, 1.54) is 24.4 Å². The minimum atomic E-state index is -0.484. The first-order valence-electron chi connectivity index (χ1n) is 6.85. The van der Waals surface area contributed by atoms with Crippen LogP contribution in [-0.2, 0) is 0 Å². The Morgan fingerprint density at radius 1 is 0.917 bits per heavy atom. The lowest BCUT2D eigenvalue weighted by atomic mass is 10.1. The van der Waals surface area contributed by atoms with Crippen LogP contribution in [0.1, 0.15) is 10.4 Å². The van der Waals surface area contributed by atoms with Crippen molar-refractivity contribution >= 4 is 28.4 Å². The van der Waals surface area contributed by atoms with Gasteiger partial charge in [-0.15, -0.1) is 0 Å².